The first-order chi connectivity index (χ1) is 9.69. The minimum Gasteiger partial charge on any atom is -0.392 e. The van der Waals surface area contributed by atoms with E-state index in [4.69, 9.17) is 0 Å². The lowest BCUT2D eigenvalue weighted by Crippen LogP contribution is -2.24. The molecule has 0 aromatic heterocycles. The van der Waals surface area contributed by atoms with Gasteiger partial charge < -0.3 is 10.2 Å². The molecule has 0 heterocycles. The van der Waals surface area contributed by atoms with Crippen molar-refractivity contribution in [2.75, 3.05) is 0 Å². The van der Waals surface area contributed by atoms with Crippen LogP contribution in [0.3, 0.4) is 0 Å². The smallest absolute Gasteiger partial charge is 0.194 e. The van der Waals surface area contributed by atoms with Gasteiger partial charge in [-0.25, -0.2) is 0 Å². The van der Waals surface area contributed by atoms with Gasteiger partial charge in [0, 0.05) is 22.3 Å². The Labute approximate surface area is 115 Å². The van der Waals surface area contributed by atoms with Gasteiger partial charge in [-0.1, -0.05) is 36.4 Å². The van der Waals surface area contributed by atoms with Crippen LogP contribution in [0.5, 0.6) is 0 Å². The molecule has 0 amide bonds. The zero-order valence-electron chi connectivity index (χ0n) is 10.6. The summed E-state index contributed by atoms with van der Waals surface area (Å²) in [5.41, 5.74) is 2.00. The Bertz CT molecular complexity index is 668. The molecule has 0 atom stereocenters. The Morgan fingerprint density at radius 1 is 0.700 bits per heavy atom. The highest BCUT2D eigenvalue weighted by atomic mass is 16.3. The second-order valence-corrected chi connectivity index (χ2v) is 4.65. The molecule has 0 bridgehead atoms. The number of ketones is 2. The van der Waals surface area contributed by atoms with Crippen molar-refractivity contribution < 1.29 is 19.8 Å². The van der Waals surface area contributed by atoms with E-state index in [9.17, 15) is 19.8 Å². The Kier molecular flexibility index (Phi) is 2.97. The van der Waals surface area contributed by atoms with Gasteiger partial charge >= 0.3 is 0 Å². The fourth-order valence-electron chi connectivity index (χ4n) is 2.65. The normalized spacial score (nSPS) is 13.1. The van der Waals surface area contributed by atoms with Crippen molar-refractivity contribution in [2.45, 2.75) is 13.2 Å². The van der Waals surface area contributed by atoms with Gasteiger partial charge in [-0.3, -0.25) is 9.59 Å². The Morgan fingerprint density at radius 3 is 1.45 bits per heavy atom. The lowest BCUT2D eigenvalue weighted by molar-refractivity contribution is 0.0974. The van der Waals surface area contributed by atoms with E-state index < -0.39 is 0 Å². The molecule has 4 nitrogen and oxygen atoms in total. The predicted molar refractivity (Wildman–Crippen MR) is 71.6 cm³/mol. The van der Waals surface area contributed by atoms with Crippen molar-refractivity contribution in [2.24, 2.45) is 0 Å². The molecule has 0 radical (unpaired) electrons. The van der Waals surface area contributed by atoms with Crippen LogP contribution < -0.4 is 0 Å². The van der Waals surface area contributed by atoms with E-state index in [0.29, 0.717) is 11.1 Å². The third kappa shape index (κ3) is 1.62. The molecule has 2 aromatic carbocycles. The molecule has 1 aliphatic rings. The average Bonchev–Trinajstić information content (AvgIpc) is 2.50. The van der Waals surface area contributed by atoms with Crippen LogP contribution >= 0.6 is 0 Å². The monoisotopic (exact) mass is 268 g/mol. The maximum absolute atomic E-state index is 12.6. The summed E-state index contributed by atoms with van der Waals surface area (Å²) in [7, 11) is 0. The summed E-state index contributed by atoms with van der Waals surface area (Å²) in [6.07, 6.45) is 0. The average molecular weight is 268 g/mol. The quantitative estimate of drug-likeness (QED) is 0.737. The second kappa shape index (κ2) is 4.67. The van der Waals surface area contributed by atoms with E-state index in [-0.39, 0.29) is 47.0 Å². The van der Waals surface area contributed by atoms with Crippen molar-refractivity contribution in [3.05, 3.63) is 69.8 Å². The highest BCUT2D eigenvalue weighted by Gasteiger charge is 2.32. The Morgan fingerprint density at radius 2 is 1.10 bits per heavy atom. The van der Waals surface area contributed by atoms with Gasteiger partial charge in [0.1, 0.15) is 0 Å². The van der Waals surface area contributed by atoms with Crippen molar-refractivity contribution >= 4 is 11.6 Å². The number of carbonyl (C=O) groups is 2. The minimum absolute atomic E-state index is 0.266. The van der Waals surface area contributed by atoms with Crippen LogP contribution in [0.4, 0.5) is 0 Å². The molecule has 100 valence electrons. The fourth-order valence-corrected chi connectivity index (χ4v) is 2.65. The van der Waals surface area contributed by atoms with Crippen LogP contribution in [0.1, 0.15) is 43.0 Å². The molecular formula is C16H12O4. The molecule has 1 aliphatic carbocycles. The van der Waals surface area contributed by atoms with Gasteiger partial charge in [-0.15, -0.1) is 0 Å². The molecule has 0 spiro atoms. The van der Waals surface area contributed by atoms with Crippen LogP contribution in [-0.4, -0.2) is 21.8 Å². The van der Waals surface area contributed by atoms with E-state index in [2.05, 4.69) is 0 Å². The van der Waals surface area contributed by atoms with Gasteiger partial charge in [-0.2, -0.15) is 0 Å². The van der Waals surface area contributed by atoms with Gasteiger partial charge in [0.15, 0.2) is 11.6 Å². The molecule has 0 aliphatic heterocycles. The topological polar surface area (TPSA) is 74.6 Å². The van der Waals surface area contributed by atoms with Crippen LogP contribution in [0.2, 0.25) is 0 Å². The summed E-state index contributed by atoms with van der Waals surface area (Å²) in [5.74, 6) is -0.566. The number of hydrogen-bond acceptors (Lipinski definition) is 4. The SMILES string of the molecule is O=C1c2cccc(CO)c2C(=O)c2cccc(CO)c21. The second-order valence-electron chi connectivity index (χ2n) is 4.65. The zero-order valence-corrected chi connectivity index (χ0v) is 10.6. The first kappa shape index (κ1) is 12.7. The third-order valence-electron chi connectivity index (χ3n) is 3.59. The highest BCUT2D eigenvalue weighted by molar-refractivity contribution is 6.29. The predicted octanol–water partition coefficient (Wildman–Crippen LogP) is 1.45. The fraction of sp³-hybridized carbons (Fsp3) is 0.125. The first-order valence-corrected chi connectivity index (χ1v) is 6.24. The summed E-state index contributed by atoms with van der Waals surface area (Å²) in [5, 5.41) is 18.7. The van der Waals surface area contributed by atoms with Gasteiger partial charge in [0.2, 0.25) is 0 Å². The van der Waals surface area contributed by atoms with Crippen molar-refractivity contribution in [3.63, 3.8) is 0 Å². The number of fused-ring (bicyclic) bond motifs is 2. The third-order valence-corrected chi connectivity index (χ3v) is 3.59. The first-order valence-electron chi connectivity index (χ1n) is 6.24. The maximum Gasteiger partial charge on any atom is 0.194 e. The van der Waals surface area contributed by atoms with E-state index in [1.165, 1.54) is 0 Å². The summed E-state index contributed by atoms with van der Waals surface area (Å²) in [4.78, 5) is 25.1. The number of hydrogen-bond donors (Lipinski definition) is 2. The molecule has 0 saturated carbocycles. The minimum atomic E-state index is -0.294. The molecule has 0 unspecified atom stereocenters. The number of rotatable bonds is 2. The lowest BCUT2D eigenvalue weighted by Gasteiger charge is -2.21. The van der Waals surface area contributed by atoms with Crippen LogP contribution in [0.15, 0.2) is 36.4 Å². The molecule has 3 rings (SSSR count). The summed E-state index contributed by atoms with van der Waals surface area (Å²) < 4.78 is 0. The standard InChI is InChI=1S/C16H12O4/c17-7-9-3-1-5-11-13(9)16(20)12-6-2-4-10(8-18)14(12)15(11)19/h1-6,17-18H,7-8H2. The van der Waals surface area contributed by atoms with Crippen LogP contribution in [0, 0.1) is 0 Å². The van der Waals surface area contributed by atoms with Gasteiger partial charge in [0.25, 0.3) is 0 Å². The molecule has 4 heteroatoms. The molecule has 0 saturated heterocycles. The van der Waals surface area contributed by atoms with E-state index in [1.54, 1.807) is 36.4 Å². The Balaban J connectivity index is 2.34. The largest absolute Gasteiger partial charge is 0.392 e. The van der Waals surface area contributed by atoms with Crippen molar-refractivity contribution in [1.29, 1.82) is 0 Å². The van der Waals surface area contributed by atoms with Gasteiger partial charge in [0.05, 0.1) is 13.2 Å². The zero-order chi connectivity index (χ0) is 14.3. The molecule has 0 fully saturated rings. The van der Waals surface area contributed by atoms with Crippen molar-refractivity contribution in [3.8, 4) is 0 Å². The van der Waals surface area contributed by atoms with E-state index in [1.807, 2.05) is 0 Å². The molecule has 2 N–H and O–H groups in total. The molecular weight excluding hydrogens is 256 g/mol. The number of benzene rings is 2. The summed E-state index contributed by atoms with van der Waals surface area (Å²) in [6, 6.07) is 9.69. The maximum atomic E-state index is 12.6. The lowest BCUT2D eigenvalue weighted by atomic mass is 9.80. The number of carbonyl (C=O) groups excluding carboxylic acids is 2. The Hall–Kier alpha value is -2.30. The highest BCUT2D eigenvalue weighted by Crippen LogP contribution is 2.31. The molecule has 20 heavy (non-hydrogen) atoms. The summed E-state index contributed by atoms with van der Waals surface area (Å²) >= 11 is 0. The van der Waals surface area contributed by atoms with Crippen molar-refractivity contribution in [1.82, 2.24) is 0 Å². The van der Waals surface area contributed by atoms with E-state index in [0.717, 1.165) is 0 Å². The van der Waals surface area contributed by atoms with Crippen LogP contribution in [0.25, 0.3) is 0 Å². The van der Waals surface area contributed by atoms with Crippen LogP contribution in [-0.2, 0) is 13.2 Å². The number of aliphatic hydroxyl groups is 2. The molecule has 2 aromatic rings. The van der Waals surface area contributed by atoms with E-state index >= 15 is 0 Å². The summed E-state index contributed by atoms with van der Waals surface area (Å²) in [6.45, 7) is -0.589. The number of aliphatic hydroxyl groups excluding tert-OH is 2. The van der Waals surface area contributed by atoms with Gasteiger partial charge in [-0.05, 0) is 11.1 Å².